The molecule has 2 N–H and O–H groups in total. The molecule has 0 aromatic heterocycles. The Labute approximate surface area is 162 Å². The van der Waals surface area contributed by atoms with Crippen molar-refractivity contribution < 1.29 is 14.6 Å². The van der Waals surface area contributed by atoms with E-state index in [0.717, 1.165) is 29.7 Å². The highest BCUT2D eigenvalue weighted by atomic mass is 16.5. The standard InChI is InChI=1S/C23H31NO3/c1-4-8-17(2)16-27-21-13-11-20(12-14-21)22(15-25)23(26)24-18(3)19-9-6-5-7-10-19/h5-7,9-14,17-18,22,25H,4,8,15-16H2,1-3H3,(H,24,26)/t17?,18-,22+/m0/s1. The van der Waals surface area contributed by atoms with Crippen LogP contribution in [0.5, 0.6) is 5.75 Å². The number of hydrogen-bond donors (Lipinski definition) is 2. The quantitative estimate of drug-likeness (QED) is 0.650. The third-order valence-electron chi connectivity index (χ3n) is 4.76. The number of aliphatic hydroxyl groups is 1. The lowest BCUT2D eigenvalue weighted by atomic mass is 9.98. The maximum absolute atomic E-state index is 12.6. The predicted molar refractivity (Wildman–Crippen MR) is 109 cm³/mol. The SMILES string of the molecule is CCCC(C)COc1ccc([C@@H](CO)C(=O)N[C@@H](C)c2ccccc2)cc1. The number of aliphatic hydroxyl groups excluding tert-OH is 1. The molecule has 3 atom stereocenters. The van der Waals surface area contributed by atoms with E-state index in [2.05, 4.69) is 19.2 Å². The molecule has 0 heterocycles. The normalized spacial score (nSPS) is 14.2. The van der Waals surface area contributed by atoms with E-state index >= 15 is 0 Å². The van der Waals surface area contributed by atoms with Gasteiger partial charge in [0.25, 0.3) is 0 Å². The van der Waals surface area contributed by atoms with Crippen molar-refractivity contribution in [3.8, 4) is 5.75 Å². The first-order chi connectivity index (χ1) is 13.0. The van der Waals surface area contributed by atoms with E-state index < -0.39 is 5.92 Å². The van der Waals surface area contributed by atoms with E-state index in [1.807, 2.05) is 61.5 Å². The topological polar surface area (TPSA) is 58.6 Å². The number of carbonyl (C=O) groups excluding carboxylic acids is 1. The third kappa shape index (κ3) is 6.40. The van der Waals surface area contributed by atoms with Gasteiger partial charge in [-0.25, -0.2) is 0 Å². The number of rotatable bonds is 10. The number of ether oxygens (including phenoxy) is 1. The van der Waals surface area contributed by atoms with Gasteiger partial charge in [-0.15, -0.1) is 0 Å². The Morgan fingerprint density at radius 2 is 1.70 bits per heavy atom. The molecule has 0 fully saturated rings. The minimum Gasteiger partial charge on any atom is -0.493 e. The summed E-state index contributed by atoms with van der Waals surface area (Å²) in [7, 11) is 0. The second kappa shape index (κ2) is 10.7. The van der Waals surface area contributed by atoms with Gasteiger partial charge >= 0.3 is 0 Å². The zero-order valence-electron chi connectivity index (χ0n) is 16.5. The van der Waals surface area contributed by atoms with E-state index in [9.17, 15) is 9.90 Å². The van der Waals surface area contributed by atoms with Crippen molar-refractivity contribution in [1.82, 2.24) is 5.32 Å². The summed E-state index contributed by atoms with van der Waals surface area (Å²) in [5.74, 6) is 0.532. The van der Waals surface area contributed by atoms with Gasteiger partial charge < -0.3 is 15.2 Å². The summed E-state index contributed by atoms with van der Waals surface area (Å²) in [6.07, 6.45) is 2.29. The van der Waals surface area contributed by atoms with Crippen LogP contribution in [0.15, 0.2) is 54.6 Å². The Bertz CT molecular complexity index is 685. The fraction of sp³-hybridized carbons (Fsp3) is 0.435. The Kier molecular flexibility index (Phi) is 8.34. The molecule has 0 aliphatic heterocycles. The maximum atomic E-state index is 12.6. The van der Waals surface area contributed by atoms with Crippen LogP contribution in [-0.4, -0.2) is 24.2 Å². The lowest BCUT2D eigenvalue weighted by Gasteiger charge is -2.20. The maximum Gasteiger partial charge on any atom is 0.230 e. The summed E-state index contributed by atoms with van der Waals surface area (Å²) < 4.78 is 5.81. The molecule has 146 valence electrons. The van der Waals surface area contributed by atoms with Crippen molar-refractivity contribution in [3.05, 3.63) is 65.7 Å². The second-order valence-corrected chi connectivity index (χ2v) is 7.15. The first-order valence-corrected chi connectivity index (χ1v) is 9.74. The van der Waals surface area contributed by atoms with Gasteiger partial charge in [-0.2, -0.15) is 0 Å². The molecule has 1 unspecified atom stereocenters. The van der Waals surface area contributed by atoms with Crippen LogP contribution < -0.4 is 10.1 Å². The molecular weight excluding hydrogens is 338 g/mol. The molecule has 2 aromatic rings. The van der Waals surface area contributed by atoms with Crippen LogP contribution in [0.4, 0.5) is 0 Å². The zero-order valence-corrected chi connectivity index (χ0v) is 16.5. The number of hydrogen-bond acceptors (Lipinski definition) is 3. The number of benzene rings is 2. The van der Waals surface area contributed by atoms with Crippen LogP contribution in [-0.2, 0) is 4.79 Å². The van der Waals surface area contributed by atoms with Crippen LogP contribution in [0.3, 0.4) is 0 Å². The van der Waals surface area contributed by atoms with Gasteiger partial charge in [0.1, 0.15) is 5.75 Å². The van der Waals surface area contributed by atoms with Crippen molar-refractivity contribution in [2.24, 2.45) is 5.92 Å². The second-order valence-electron chi connectivity index (χ2n) is 7.15. The molecule has 4 nitrogen and oxygen atoms in total. The van der Waals surface area contributed by atoms with Crippen molar-refractivity contribution >= 4 is 5.91 Å². The van der Waals surface area contributed by atoms with Crippen molar-refractivity contribution in [3.63, 3.8) is 0 Å². The highest BCUT2D eigenvalue weighted by Gasteiger charge is 2.21. The molecule has 0 saturated heterocycles. The fourth-order valence-electron chi connectivity index (χ4n) is 3.09. The van der Waals surface area contributed by atoms with Gasteiger partial charge in [-0.05, 0) is 42.5 Å². The van der Waals surface area contributed by atoms with Gasteiger partial charge in [0.05, 0.1) is 25.2 Å². The summed E-state index contributed by atoms with van der Waals surface area (Å²) in [4.78, 5) is 12.6. The summed E-state index contributed by atoms with van der Waals surface area (Å²) in [6.45, 7) is 6.74. The molecule has 0 aliphatic rings. The third-order valence-corrected chi connectivity index (χ3v) is 4.76. The summed E-state index contributed by atoms with van der Waals surface area (Å²) in [6, 6.07) is 17.1. The zero-order chi connectivity index (χ0) is 19.6. The first kappa shape index (κ1) is 21.0. The first-order valence-electron chi connectivity index (χ1n) is 9.74. The largest absolute Gasteiger partial charge is 0.493 e. The molecule has 2 rings (SSSR count). The molecular formula is C23H31NO3. The smallest absolute Gasteiger partial charge is 0.230 e. The Morgan fingerprint density at radius 1 is 1.04 bits per heavy atom. The fourth-order valence-corrected chi connectivity index (χ4v) is 3.09. The van der Waals surface area contributed by atoms with Crippen molar-refractivity contribution in [1.29, 1.82) is 0 Å². The Hall–Kier alpha value is -2.33. The van der Waals surface area contributed by atoms with Gasteiger partial charge in [-0.1, -0.05) is 62.7 Å². The minimum absolute atomic E-state index is 0.115. The van der Waals surface area contributed by atoms with Gasteiger partial charge in [0.2, 0.25) is 5.91 Å². The predicted octanol–water partition coefficient (Wildman–Crippen LogP) is 4.45. The lowest BCUT2D eigenvalue weighted by Crippen LogP contribution is -2.33. The average Bonchev–Trinajstić information content (AvgIpc) is 2.69. The highest BCUT2D eigenvalue weighted by Crippen LogP contribution is 2.22. The molecule has 0 saturated carbocycles. The monoisotopic (exact) mass is 369 g/mol. The molecule has 1 amide bonds. The number of nitrogens with one attached hydrogen (secondary N) is 1. The summed E-state index contributed by atoms with van der Waals surface area (Å²) >= 11 is 0. The van der Waals surface area contributed by atoms with Crippen molar-refractivity contribution in [2.75, 3.05) is 13.2 Å². The molecule has 0 aliphatic carbocycles. The van der Waals surface area contributed by atoms with Crippen LogP contribution >= 0.6 is 0 Å². The molecule has 0 radical (unpaired) electrons. The van der Waals surface area contributed by atoms with Crippen LogP contribution in [0.2, 0.25) is 0 Å². The molecule has 27 heavy (non-hydrogen) atoms. The molecule has 4 heteroatoms. The summed E-state index contributed by atoms with van der Waals surface area (Å²) in [5.41, 5.74) is 1.82. The van der Waals surface area contributed by atoms with E-state index in [0.29, 0.717) is 12.5 Å². The van der Waals surface area contributed by atoms with Gasteiger partial charge in [0.15, 0.2) is 0 Å². The van der Waals surface area contributed by atoms with E-state index in [1.54, 1.807) is 0 Å². The Morgan fingerprint density at radius 3 is 2.30 bits per heavy atom. The van der Waals surface area contributed by atoms with Gasteiger partial charge in [0, 0.05) is 0 Å². The average molecular weight is 370 g/mol. The number of carbonyl (C=O) groups is 1. The summed E-state index contributed by atoms with van der Waals surface area (Å²) in [5, 5.41) is 12.7. The van der Waals surface area contributed by atoms with Crippen LogP contribution in [0.1, 0.15) is 56.7 Å². The molecule has 0 spiro atoms. The van der Waals surface area contributed by atoms with E-state index in [4.69, 9.17) is 4.74 Å². The highest BCUT2D eigenvalue weighted by molar-refractivity contribution is 5.84. The molecule has 2 aromatic carbocycles. The minimum atomic E-state index is -0.593. The Balaban J connectivity index is 1.96. The van der Waals surface area contributed by atoms with Crippen molar-refractivity contribution in [2.45, 2.75) is 45.6 Å². The van der Waals surface area contributed by atoms with Gasteiger partial charge in [-0.3, -0.25) is 4.79 Å². The van der Waals surface area contributed by atoms with Crippen LogP contribution in [0, 0.1) is 5.92 Å². The van der Waals surface area contributed by atoms with E-state index in [1.165, 1.54) is 0 Å². The molecule has 0 bridgehead atoms. The lowest BCUT2D eigenvalue weighted by molar-refractivity contribution is -0.124. The number of amides is 1. The van der Waals surface area contributed by atoms with E-state index in [-0.39, 0.29) is 18.6 Å². The van der Waals surface area contributed by atoms with Crippen LogP contribution in [0.25, 0.3) is 0 Å².